The molecule has 164 valence electrons. The van der Waals surface area contributed by atoms with E-state index in [1.54, 1.807) is 30.9 Å². The second-order valence-electron chi connectivity index (χ2n) is 6.85. The summed E-state index contributed by atoms with van der Waals surface area (Å²) in [6, 6.07) is 4.70. The number of carbonyl (C=O) groups is 2. The van der Waals surface area contributed by atoms with Gasteiger partial charge in [-0.3, -0.25) is 9.69 Å². The maximum Gasteiger partial charge on any atom is 0.350 e. The van der Waals surface area contributed by atoms with E-state index < -0.39 is 11.8 Å². The largest absolute Gasteiger partial charge is 0.494 e. The van der Waals surface area contributed by atoms with Gasteiger partial charge in [-0.1, -0.05) is 37.2 Å². The molecule has 0 unspecified atom stereocenters. The van der Waals surface area contributed by atoms with Crippen LogP contribution in [0.15, 0.2) is 18.2 Å². The molecule has 1 aromatic carbocycles. The van der Waals surface area contributed by atoms with Gasteiger partial charge in [-0.05, 0) is 44.4 Å². The van der Waals surface area contributed by atoms with E-state index >= 15 is 0 Å². The highest BCUT2D eigenvalue weighted by molar-refractivity contribution is 7.17. The zero-order valence-electron chi connectivity index (χ0n) is 18.0. The molecule has 2 aromatic rings. The van der Waals surface area contributed by atoms with E-state index in [1.165, 1.54) is 24.5 Å². The molecule has 6 nitrogen and oxygen atoms in total. The number of benzene rings is 1. The van der Waals surface area contributed by atoms with Gasteiger partial charge in [0.2, 0.25) is 5.91 Å². The molecular formula is C22H29FN2O4S. The first-order chi connectivity index (χ1) is 14.4. The monoisotopic (exact) mass is 436 g/mol. The summed E-state index contributed by atoms with van der Waals surface area (Å²) in [5, 5.41) is 0.498. The van der Waals surface area contributed by atoms with E-state index in [-0.39, 0.29) is 24.7 Å². The van der Waals surface area contributed by atoms with Crippen molar-refractivity contribution >= 4 is 28.3 Å². The molecule has 0 fully saturated rings. The Labute approximate surface area is 181 Å². The van der Waals surface area contributed by atoms with Gasteiger partial charge < -0.3 is 9.47 Å². The third-order valence-electron chi connectivity index (χ3n) is 4.61. The molecule has 0 radical (unpaired) electrons. The van der Waals surface area contributed by atoms with E-state index in [9.17, 15) is 14.0 Å². The number of aromatic nitrogens is 1. The summed E-state index contributed by atoms with van der Waals surface area (Å²) in [7, 11) is 1.41. The van der Waals surface area contributed by atoms with Crippen LogP contribution in [0.25, 0.3) is 0 Å². The van der Waals surface area contributed by atoms with Crippen LogP contribution in [0.5, 0.6) is 5.75 Å². The summed E-state index contributed by atoms with van der Waals surface area (Å²) in [6.45, 7) is 6.39. The minimum Gasteiger partial charge on any atom is -0.494 e. The van der Waals surface area contributed by atoms with Gasteiger partial charge in [0, 0.05) is 13.0 Å². The van der Waals surface area contributed by atoms with Crippen molar-refractivity contribution in [1.82, 2.24) is 4.98 Å². The third kappa shape index (κ3) is 6.26. The Morgan fingerprint density at radius 1 is 1.23 bits per heavy atom. The van der Waals surface area contributed by atoms with Crippen LogP contribution in [-0.2, 0) is 16.0 Å². The fraction of sp³-hybridized carbons (Fsp3) is 0.500. The number of methoxy groups -OCH3 is 1. The van der Waals surface area contributed by atoms with Gasteiger partial charge in [0.05, 0.1) is 19.4 Å². The number of esters is 1. The Morgan fingerprint density at radius 3 is 2.63 bits per heavy atom. The molecule has 2 rings (SSSR count). The third-order valence-corrected chi connectivity index (χ3v) is 5.77. The first kappa shape index (κ1) is 23.8. The number of rotatable bonds is 11. The molecule has 0 spiro atoms. The van der Waals surface area contributed by atoms with Crippen LogP contribution < -0.4 is 9.64 Å². The Bertz CT molecular complexity index is 869. The Balaban J connectivity index is 2.15. The number of nitrogens with zero attached hydrogens (tertiary/aromatic N) is 2. The summed E-state index contributed by atoms with van der Waals surface area (Å²) >= 11 is 1.17. The fourth-order valence-corrected chi connectivity index (χ4v) is 3.99. The molecule has 0 N–H and O–H groups in total. The summed E-state index contributed by atoms with van der Waals surface area (Å²) < 4.78 is 23.9. The van der Waals surface area contributed by atoms with Gasteiger partial charge in [-0.15, -0.1) is 0 Å². The lowest BCUT2D eigenvalue weighted by molar-refractivity contribution is -0.118. The van der Waals surface area contributed by atoms with Crippen molar-refractivity contribution in [2.75, 3.05) is 25.2 Å². The van der Waals surface area contributed by atoms with E-state index in [4.69, 9.17) is 9.47 Å². The fourth-order valence-electron chi connectivity index (χ4n) is 2.98. The SMILES string of the molecule is CCCCCN(C(=O)CCc1ccc(OC)c(F)c1)c1nc(C)c(C(=O)OCC)s1. The predicted octanol–water partition coefficient (Wildman–Crippen LogP) is 4.93. The summed E-state index contributed by atoms with van der Waals surface area (Å²) in [5.41, 5.74) is 1.27. The molecule has 1 heterocycles. The van der Waals surface area contributed by atoms with Crippen molar-refractivity contribution in [3.8, 4) is 5.75 Å². The van der Waals surface area contributed by atoms with Gasteiger partial charge in [-0.2, -0.15) is 0 Å². The lowest BCUT2D eigenvalue weighted by Gasteiger charge is -2.20. The van der Waals surface area contributed by atoms with Gasteiger partial charge in [-0.25, -0.2) is 14.2 Å². The predicted molar refractivity (Wildman–Crippen MR) is 116 cm³/mol. The van der Waals surface area contributed by atoms with Crippen molar-refractivity contribution in [2.24, 2.45) is 0 Å². The first-order valence-corrected chi connectivity index (χ1v) is 11.0. The van der Waals surface area contributed by atoms with Crippen LogP contribution in [0.1, 0.15) is 60.5 Å². The number of carbonyl (C=O) groups excluding carboxylic acids is 2. The molecule has 0 saturated carbocycles. The van der Waals surface area contributed by atoms with Gasteiger partial charge >= 0.3 is 5.97 Å². The number of ether oxygens (including phenoxy) is 2. The number of aryl methyl sites for hydroxylation is 2. The lowest BCUT2D eigenvalue weighted by Crippen LogP contribution is -2.32. The molecule has 0 bridgehead atoms. The average molecular weight is 437 g/mol. The van der Waals surface area contributed by atoms with Gasteiger partial charge in [0.1, 0.15) is 4.88 Å². The number of hydrogen-bond donors (Lipinski definition) is 0. The van der Waals surface area contributed by atoms with E-state index in [1.807, 2.05) is 0 Å². The second-order valence-corrected chi connectivity index (χ2v) is 7.83. The Morgan fingerprint density at radius 2 is 2.00 bits per heavy atom. The van der Waals surface area contributed by atoms with E-state index in [0.717, 1.165) is 24.8 Å². The summed E-state index contributed by atoms with van der Waals surface area (Å²) in [6.07, 6.45) is 3.47. The smallest absolute Gasteiger partial charge is 0.350 e. The average Bonchev–Trinajstić information content (AvgIpc) is 3.11. The standard InChI is InChI=1S/C22H29FN2O4S/c1-5-7-8-13-25(22-24-15(3)20(30-22)21(27)29-6-2)19(26)12-10-16-9-11-18(28-4)17(23)14-16/h9,11,14H,5-8,10,12-13H2,1-4H3. The maximum absolute atomic E-state index is 13.9. The molecule has 30 heavy (non-hydrogen) atoms. The van der Waals surface area contributed by atoms with Gasteiger partial charge in [0.25, 0.3) is 0 Å². The Kier molecular flexibility index (Phi) is 9.23. The number of thiazole rings is 1. The van der Waals surface area contributed by atoms with Crippen molar-refractivity contribution in [1.29, 1.82) is 0 Å². The van der Waals surface area contributed by atoms with Crippen LogP contribution in [0, 0.1) is 12.7 Å². The number of anilines is 1. The van der Waals surface area contributed by atoms with Crippen LogP contribution in [0.2, 0.25) is 0 Å². The zero-order valence-corrected chi connectivity index (χ0v) is 18.8. The molecule has 0 aliphatic carbocycles. The number of amides is 1. The minimum absolute atomic E-state index is 0.105. The maximum atomic E-state index is 13.9. The first-order valence-electron chi connectivity index (χ1n) is 10.2. The van der Waals surface area contributed by atoms with Crippen LogP contribution in [0.3, 0.4) is 0 Å². The zero-order chi connectivity index (χ0) is 22.1. The molecule has 1 amide bonds. The normalized spacial score (nSPS) is 10.7. The van der Waals surface area contributed by atoms with Crippen molar-refractivity contribution in [2.45, 2.75) is 52.9 Å². The quantitative estimate of drug-likeness (QED) is 0.369. The van der Waals surface area contributed by atoms with Crippen LogP contribution >= 0.6 is 11.3 Å². The molecule has 0 aliphatic heterocycles. The molecule has 0 aliphatic rings. The molecular weight excluding hydrogens is 407 g/mol. The van der Waals surface area contributed by atoms with Crippen LogP contribution in [0.4, 0.5) is 9.52 Å². The van der Waals surface area contributed by atoms with Crippen LogP contribution in [-0.4, -0.2) is 37.1 Å². The highest BCUT2D eigenvalue weighted by atomic mass is 32.1. The number of halogens is 1. The van der Waals surface area contributed by atoms with E-state index in [0.29, 0.717) is 28.7 Å². The summed E-state index contributed by atoms with van der Waals surface area (Å²) in [5.74, 6) is -0.798. The van der Waals surface area contributed by atoms with Crippen molar-refractivity contribution in [3.05, 3.63) is 40.2 Å². The number of unbranched alkanes of at least 4 members (excludes halogenated alkanes) is 2. The highest BCUT2D eigenvalue weighted by Crippen LogP contribution is 2.28. The second kappa shape index (κ2) is 11.6. The molecule has 8 heteroatoms. The topological polar surface area (TPSA) is 68.7 Å². The highest BCUT2D eigenvalue weighted by Gasteiger charge is 2.23. The minimum atomic E-state index is -0.447. The molecule has 1 aromatic heterocycles. The Hall–Kier alpha value is -2.48. The molecule has 0 atom stereocenters. The molecule has 0 saturated heterocycles. The summed E-state index contributed by atoms with van der Waals surface area (Å²) in [4.78, 5) is 31.6. The van der Waals surface area contributed by atoms with Gasteiger partial charge in [0.15, 0.2) is 16.7 Å². The van der Waals surface area contributed by atoms with Crippen molar-refractivity contribution < 1.29 is 23.5 Å². The van der Waals surface area contributed by atoms with Crippen molar-refractivity contribution in [3.63, 3.8) is 0 Å². The lowest BCUT2D eigenvalue weighted by atomic mass is 10.1. The van der Waals surface area contributed by atoms with E-state index in [2.05, 4.69) is 11.9 Å². The number of hydrogen-bond acceptors (Lipinski definition) is 6.